The van der Waals surface area contributed by atoms with Gasteiger partial charge in [0, 0.05) is 57.1 Å². The van der Waals surface area contributed by atoms with Crippen molar-refractivity contribution in [3.05, 3.63) is 65.7 Å². The van der Waals surface area contributed by atoms with Gasteiger partial charge in [-0.3, -0.25) is 14.7 Å². The molecule has 2 aliphatic heterocycles. The molecule has 1 spiro atoms. The van der Waals surface area contributed by atoms with Crippen molar-refractivity contribution in [2.45, 2.75) is 18.9 Å². The topological polar surface area (TPSA) is 45.7 Å². The number of halogens is 1. The number of ether oxygens (including phenoxy) is 1. The number of piperidine rings is 1. The number of benzene rings is 1. The molecular formula is C22H26FN3O2. The smallest absolute Gasteiger partial charge is 0.256 e. The Morgan fingerprint density at radius 3 is 2.61 bits per heavy atom. The van der Waals surface area contributed by atoms with Gasteiger partial charge in [0.1, 0.15) is 5.82 Å². The van der Waals surface area contributed by atoms with Gasteiger partial charge in [-0.2, -0.15) is 0 Å². The van der Waals surface area contributed by atoms with Crippen LogP contribution in [0.15, 0.2) is 48.8 Å². The number of aromatic nitrogens is 1. The molecule has 1 amide bonds. The second-order valence-corrected chi connectivity index (χ2v) is 7.78. The number of amides is 1. The quantitative estimate of drug-likeness (QED) is 0.796. The Morgan fingerprint density at radius 2 is 1.93 bits per heavy atom. The predicted octanol–water partition coefficient (Wildman–Crippen LogP) is 3.15. The zero-order valence-corrected chi connectivity index (χ0v) is 16.2. The minimum atomic E-state index is -0.447. The van der Waals surface area contributed by atoms with Gasteiger partial charge in [-0.15, -0.1) is 0 Å². The second-order valence-electron chi connectivity index (χ2n) is 7.78. The number of carbonyl (C=O) groups excluding carboxylic acids is 1. The number of pyridine rings is 1. The van der Waals surface area contributed by atoms with Crippen LogP contribution in [0.2, 0.25) is 0 Å². The number of nitrogens with zero attached hydrogens (tertiary/aromatic N) is 3. The molecule has 2 fully saturated rings. The van der Waals surface area contributed by atoms with Crippen molar-refractivity contribution in [2.75, 3.05) is 39.9 Å². The lowest BCUT2D eigenvalue weighted by atomic mass is 9.63. The average molecular weight is 383 g/mol. The summed E-state index contributed by atoms with van der Waals surface area (Å²) in [5.74, 6) is -0.652. The Kier molecular flexibility index (Phi) is 5.42. The Morgan fingerprint density at radius 1 is 1.21 bits per heavy atom. The summed E-state index contributed by atoms with van der Waals surface area (Å²) in [5.41, 5.74) is 1.59. The third-order valence-corrected chi connectivity index (χ3v) is 6.22. The summed E-state index contributed by atoms with van der Waals surface area (Å²) < 4.78 is 19.3. The normalized spacial score (nSPS) is 21.5. The van der Waals surface area contributed by atoms with E-state index in [4.69, 9.17) is 4.74 Å². The SMILES string of the molecule is COCCN1CC2(CCN(C(=O)c3ccccc3F)CC2)C1c1ccncc1. The number of hydrogen-bond donors (Lipinski definition) is 0. The van der Waals surface area contributed by atoms with Crippen LogP contribution < -0.4 is 0 Å². The summed E-state index contributed by atoms with van der Waals surface area (Å²) in [6.45, 7) is 3.92. The van der Waals surface area contributed by atoms with Crippen LogP contribution in [-0.4, -0.2) is 60.6 Å². The van der Waals surface area contributed by atoms with Crippen molar-refractivity contribution in [1.82, 2.24) is 14.8 Å². The molecular weight excluding hydrogens is 357 g/mol. The largest absolute Gasteiger partial charge is 0.383 e. The minimum absolute atomic E-state index is 0.154. The predicted molar refractivity (Wildman–Crippen MR) is 104 cm³/mol. The van der Waals surface area contributed by atoms with Gasteiger partial charge in [-0.05, 0) is 42.7 Å². The van der Waals surface area contributed by atoms with Crippen LogP contribution in [0, 0.1) is 11.2 Å². The number of rotatable bonds is 5. The molecule has 148 valence electrons. The number of likely N-dealkylation sites (tertiary alicyclic amines) is 2. The van der Waals surface area contributed by atoms with E-state index in [1.807, 2.05) is 12.4 Å². The summed E-state index contributed by atoms with van der Waals surface area (Å²) in [4.78, 5) is 21.1. The van der Waals surface area contributed by atoms with Crippen molar-refractivity contribution >= 4 is 5.91 Å². The van der Waals surface area contributed by atoms with Crippen LogP contribution in [-0.2, 0) is 4.74 Å². The van der Waals surface area contributed by atoms with Gasteiger partial charge in [0.2, 0.25) is 0 Å². The molecule has 0 bridgehead atoms. The van der Waals surface area contributed by atoms with Crippen LogP contribution in [0.25, 0.3) is 0 Å². The van der Waals surface area contributed by atoms with E-state index in [0.29, 0.717) is 25.7 Å². The Labute approximate surface area is 165 Å². The van der Waals surface area contributed by atoms with E-state index in [-0.39, 0.29) is 16.9 Å². The Hall–Kier alpha value is -2.31. The first-order chi connectivity index (χ1) is 13.6. The summed E-state index contributed by atoms with van der Waals surface area (Å²) in [6.07, 6.45) is 5.52. The van der Waals surface area contributed by atoms with E-state index in [1.165, 1.54) is 11.6 Å². The first kappa shape index (κ1) is 19.0. The monoisotopic (exact) mass is 383 g/mol. The summed E-state index contributed by atoms with van der Waals surface area (Å²) in [7, 11) is 1.73. The fourth-order valence-electron chi connectivity index (χ4n) is 4.78. The molecule has 28 heavy (non-hydrogen) atoms. The lowest BCUT2D eigenvalue weighted by Crippen LogP contribution is -2.63. The second kappa shape index (κ2) is 7.97. The van der Waals surface area contributed by atoms with E-state index in [0.717, 1.165) is 25.9 Å². The van der Waals surface area contributed by atoms with Gasteiger partial charge in [0.15, 0.2) is 0 Å². The average Bonchev–Trinajstić information content (AvgIpc) is 2.72. The molecule has 2 saturated heterocycles. The highest BCUT2D eigenvalue weighted by Crippen LogP contribution is 2.54. The molecule has 0 saturated carbocycles. The zero-order chi connectivity index (χ0) is 19.6. The van der Waals surface area contributed by atoms with Crippen LogP contribution in [0.4, 0.5) is 4.39 Å². The van der Waals surface area contributed by atoms with Gasteiger partial charge in [0.25, 0.3) is 5.91 Å². The summed E-state index contributed by atoms with van der Waals surface area (Å²) >= 11 is 0. The Bertz CT molecular complexity index is 822. The van der Waals surface area contributed by atoms with Crippen molar-refractivity contribution in [3.63, 3.8) is 0 Å². The van der Waals surface area contributed by atoms with Gasteiger partial charge >= 0.3 is 0 Å². The van der Waals surface area contributed by atoms with Gasteiger partial charge in [-0.1, -0.05) is 12.1 Å². The van der Waals surface area contributed by atoms with Crippen molar-refractivity contribution < 1.29 is 13.9 Å². The molecule has 1 aromatic carbocycles. The lowest BCUT2D eigenvalue weighted by molar-refractivity contribution is -0.114. The highest BCUT2D eigenvalue weighted by Gasteiger charge is 2.54. The van der Waals surface area contributed by atoms with Gasteiger partial charge < -0.3 is 9.64 Å². The third-order valence-electron chi connectivity index (χ3n) is 6.22. The molecule has 3 heterocycles. The first-order valence-electron chi connectivity index (χ1n) is 9.81. The fourth-order valence-corrected chi connectivity index (χ4v) is 4.78. The molecule has 4 rings (SSSR count). The molecule has 5 nitrogen and oxygen atoms in total. The van der Waals surface area contributed by atoms with E-state index >= 15 is 0 Å². The molecule has 2 aromatic rings. The van der Waals surface area contributed by atoms with Crippen molar-refractivity contribution in [2.24, 2.45) is 5.41 Å². The van der Waals surface area contributed by atoms with E-state index in [2.05, 4.69) is 22.0 Å². The van der Waals surface area contributed by atoms with Gasteiger partial charge in [-0.25, -0.2) is 4.39 Å². The van der Waals surface area contributed by atoms with E-state index in [9.17, 15) is 9.18 Å². The molecule has 6 heteroatoms. The highest BCUT2D eigenvalue weighted by atomic mass is 19.1. The maximum absolute atomic E-state index is 14.0. The maximum atomic E-state index is 14.0. The molecule has 0 radical (unpaired) electrons. The molecule has 2 aliphatic rings. The Balaban J connectivity index is 1.48. The van der Waals surface area contributed by atoms with Crippen LogP contribution in [0.3, 0.4) is 0 Å². The first-order valence-corrected chi connectivity index (χ1v) is 9.81. The lowest BCUT2D eigenvalue weighted by Gasteiger charge is -2.60. The summed E-state index contributed by atoms with van der Waals surface area (Å²) in [5, 5.41) is 0. The molecule has 1 atom stereocenters. The summed E-state index contributed by atoms with van der Waals surface area (Å²) in [6, 6.07) is 10.7. The molecule has 0 N–H and O–H groups in total. The molecule has 1 unspecified atom stereocenters. The third kappa shape index (κ3) is 3.42. The minimum Gasteiger partial charge on any atom is -0.383 e. The molecule has 0 aliphatic carbocycles. The van der Waals surface area contributed by atoms with Gasteiger partial charge in [0.05, 0.1) is 12.2 Å². The standard InChI is InChI=1S/C22H26FN3O2/c1-28-15-14-26-16-22(20(26)17-6-10-24-11-7-17)8-12-25(13-9-22)21(27)18-4-2-3-5-19(18)23/h2-7,10-11,20H,8-9,12-16H2,1H3. The number of hydrogen-bond acceptors (Lipinski definition) is 4. The highest BCUT2D eigenvalue weighted by molar-refractivity contribution is 5.94. The van der Waals surface area contributed by atoms with E-state index < -0.39 is 5.82 Å². The zero-order valence-electron chi connectivity index (χ0n) is 16.2. The molecule has 1 aromatic heterocycles. The van der Waals surface area contributed by atoms with E-state index in [1.54, 1.807) is 30.2 Å². The van der Waals surface area contributed by atoms with Crippen molar-refractivity contribution in [1.29, 1.82) is 0 Å². The van der Waals surface area contributed by atoms with Crippen LogP contribution in [0.5, 0.6) is 0 Å². The number of methoxy groups -OCH3 is 1. The maximum Gasteiger partial charge on any atom is 0.256 e. The van der Waals surface area contributed by atoms with Crippen LogP contribution in [0.1, 0.15) is 34.8 Å². The number of carbonyl (C=O) groups is 1. The fraction of sp³-hybridized carbons (Fsp3) is 0.455. The van der Waals surface area contributed by atoms with Crippen LogP contribution >= 0.6 is 0 Å². The van der Waals surface area contributed by atoms with Crippen molar-refractivity contribution in [3.8, 4) is 0 Å².